The fraction of sp³-hybridized carbons (Fsp3) is 0.529. The predicted octanol–water partition coefficient (Wildman–Crippen LogP) is 3.13. The number of ether oxygens (including phenoxy) is 2. The Balaban J connectivity index is 2.01. The number of hydrogen-bond donors (Lipinski definition) is 0. The van der Waals surface area contributed by atoms with Gasteiger partial charge >= 0.3 is 12.1 Å². The molecule has 1 aromatic carbocycles. The van der Waals surface area contributed by atoms with E-state index in [9.17, 15) is 9.59 Å². The lowest BCUT2D eigenvalue weighted by Gasteiger charge is -2.27. The SMILES string of the molecule is CCOC(=O)[C@@H]1CC[C@H](CC)N1C(=O)OCc1ccccc1. The van der Waals surface area contributed by atoms with Crippen molar-refractivity contribution in [3.05, 3.63) is 35.9 Å². The summed E-state index contributed by atoms with van der Waals surface area (Å²) in [4.78, 5) is 26.0. The fourth-order valence-electron chi connectivity index (χ4n) is 2.82. The van der Waals surface area contributed by atoms with Gasteiger partial charge in [-0.25, -0.2) is 9.59 Å². The topological polar surface area (TPSA) is 55.8 Å². The summed E-state index contributed by atoms with van der Waals surface area (Å²) in [5, 5.41) is 0. The van der Waals surface area contributed by atoms with Gasteiger partial charge in [-0.3, -0.25) is 4.90 Å². The van der Waals surface area contributed by atoms with Crippen LogP contribution in [0.3, 0.4) is 0 Å². The maximum Gasteiger partial charge on any atom is 0.411 e. The monoisotopic (exact) mass is 305 g/mol. The van der Waals surface area contributed by atoms with Crippen LogP contribution >= 0.6 is 0 Å². The van der Waals surface area contributed by atoms with Crippen molar-refractivity contribution in [3.8, 4) is 0 Å². The average molecular weight is 305 g/mol. The molecule has 5 heteroatoms. The highest BCUT2D eigenvalue weighted by Gasteiger charge is 2.41. The first-order chi connectivity index (χ1) is 10.7. The maximum atomic E-state index is 12.4. The maximum absolute atomic E-state index is 12.4. The molecule has 120 valence electrons. The molecule has 0 saturated carbocycles. The van der Waals surface area contributed by atoms with Gasteiger partial charge in [0.05, 0.1) is 6.61 Å². The molecule has 1 amide bonds. The van der Waals surface area contributed by atoms with E-state index in [1.807, 2.05) is 37.3 Å². The van der Waals surface area contributed by atoms with E-state index in [4.69, 9.17) is 9.47 Å². The van der Waals surface area contributed by atoms with Crippen molar-refractivity contribution in [2.75, 3.05) is 6.61 Å². The highest BCUT2D eigenvalue weighted by molar-refractivity contribution is 5.82. The fourth-order valence-corrected chi connectivity index (χ4v) is 2.82. The summed E-state index contributed by atoms with van der Waals surface area (Å²) in [6, 6.07) is 9.03. The van der Waals surface area contributed by atoms with E-state index in [0.717, 1.165) is 18.4 Å². The number of likely N-dealkylation sites (tertiary alicyclic amines) is 1. The zero-order chi connectivity index (χ0) is 15.9. The van der Waals surface area contributed by atoms with E-state index in [2.05, 4.69) is 0 Å². The van der Waals surface area contributed by atoms with Crippen molar-refractivity contribution in [1.82, 2.24) is 4.90 Å². The van der Waals surface area contributed by atoms with E-state index in [-0.39, 0.29) is 18.6 Å². The summed E-state index contributed by atoms with van der Waals surface area (Å²) in [5.41, 5.74) is 0.927. The third-order valence-electron chi connectivity index (χ3n) is 3.95. The Kier molecular flexibility index (Phi) is 5.81. The van der Waals surface area contributed by atoms with Crippen molar-refractivity contribution < 1.29 is 19.1 Å². The van der Waals surface area contributed by atoms with Crippen LogP contribution in [-0.4, -0.2) is 35.7 Å². The van der Waals surface area contributed by atoms with Gasteiger partial charge in [-0.05, 0) is 31.7 Å². The van der Waals surface area contributed by atoms with Crippen LogP contribution in [0.1, 0.15) is 38.7 Å². The van der Waals surface area contributed by atoms with Gasteiger partial charge < -0.3 is 9.47 Å². The molecule has 5 nitrogen and oxygen atoms in total. The van der Waals surface area contributed by atoms with Crippen LogP contribution in [0.5, 0.6) is 0 Å². The van der Waals surface area contributed by atoms with E-state index < -0.39 is 12.1 Å². The van der Waals surface area contributed by atoms with E-state index >= 15 is 0 Å². The van der Waals surface area contributed by atoms with Gasteiger partial charge in [-0.1, -0.05) is 37.3 Å². The van der Waals surface area contributed by atoms with Crippen molar-refractivity contribution in [1.29, 1.82) is 0 Å². The largest absolute Gasteiger partial charge is 0.464 e. The third kappa shape index (κ3) is 3.78. The number of amides is 1. The molecular formula is C17H23NO4. The number of benzene rings is 1. The van der Waals surface area contributed by atoms with Crippen LogP contribution in [0.15, 0.2) is 30.3 Å². The zero-order valence-electron chi connectivity index (χ0n) is 13.2. The predicted molar refractivity (Wildman–Crippen MR) is 82.2 cm³/mol. The molecule has 1 fully saturated rings. The Bertz CT molecular complexity index is 503. The summed E-state index contributed by atoms with van der Waals surface area (Å²) < 4.78 is 10.5. The van der Waals surface area contributed by atoms with Gasteiger partial charge in [0.15, 0.2) is 0 Å². The Morgan fingerprint density at radius 1 is 1.14 bits per heavy atom. The van der Waals surface area contributed by atoms with Crippen LogP contribution in [-0.2, 0) is 20.9 Å². The third-order valence-corrected chi connectivity index (χ3v) is 3.95. The van der Waals surface area contributed by atoms with Gasteiger partial charge in [0.25, 0.3) is 0 Å². The molecular weight excluding hydrogens is 282 g/mol. The van der Waals surface area contributed by atoms with E-state index in [1.165, 1.54) is 0 Å². The number of rotatable bonds is 5. The molecule has 1 saturated heterocycles. The Hall–Kier alpha value is -2.04. The summed E-state index contributed by atoms with van der Waals surface area (Å²) in [7, 11) is 0. The Morgan fingerprint density at radius 2 is 1.86 bits per heavy atom. The minimum atomic E-state index is -0.520. The minimum absolute atomic E-state index is 0.0395. The van der Waals surface area contributed by atoms with Crippen molar-refractivity contribution >= 4 is 12.1 Å². The number of carbonyl (C=O) groups excluding carboxylic acids is 2. The molecule has 0 N–H and O–H groups in total. The van der Waals surface area contributed by atoms with Crippen LogP contribution in [0.25, 0.3) is 0 Å². The molecule has 1 aliphatic heterocycles. The van der Waals surface area contributed by atoms with Gasteiger partial charge in [-0.15, -0.1) is 0 Å². The quantitative estimate of drug-likeness (QED) is 0.784. The molecule has 0 spiro atoms. The second kappa shape index (κ2) is 7.82. The number of carbonyl (C=O) groups is 2. The van der Waals surface area contributed by atoms with Gasteiger partial charge in [-0.2, -0.15) is 0 Å². The molecule has 2 rings (SSSR count). The normalized spacial score (nSPS) is 20.7. The first kappa shape index (κ1) is 16.3. The Morgan fingerprint density at radius 3 is 2.50 bits per heavy atom. The molecule has 1 heterocycles. The lowest BCUT2D eigenvalue weighted by atomic mass is 10.1. The molecule has 2 atom stereocenters. The number of hydrogen-bond acceptors (Lipinski definition) is 4. The minimum Gasteiger partial charge on any atom is -0.464 e. The molecule has 1 aromatic rings. The van der Waals surface area contributed by atoms with Crippen molar-refractivity contribution in [2.24, 2.45) is 0 Å². The average Bonchev–Trinajstić information content (AvgIpc) is 2.98. The van der Waals surface area contributed by atoms with Crippen molar-refractivity contribution in [2.45, 2.75) is 51.8 Å². The summed E-state index contributed by atoms with van der Waals surface area (Å²) >= 11 is 0. The highest BCUT2D eigenvalue weighted by Crippen LogP contribution is 2.28. The lowest BCUT2D eigenvalue weighted by Crippen LogP contribution is -2.45. The first-order valence-corrected chi connectivity index (χ1v) is 7.83. The first-order valence-electron chi connectivity index (χ1n) is 7.83. The molecule has 0 aliphatic carbocycles. The summed E-state index contributed by atoms with van der Waals surface area (Å²) in [6.07, 6.45) is 1.81. The molecule has 0 unspecified atom stereocenters. The van der Waals surface area contributed by atoms with Gasteiger partial charge in [0, 0.05) is 6.04 Å². The van der Waals surface area contributed by atoms with E-state index in [1.54, 1.807) is 11.8 Å². The number of nitrogens with zero attached hydrogens (tertiary/aromatic N) is 1. The van der Waals surface area contributed by atoms with Gasteiger partial charge in [0.1, 0.15) is 12.6 Å². The summed E-state index contributed by atoms with van der Waals surface area (Å²) in [6.45, 7) is 4.30. The molecule has 1 aliphatic rings. The van der Waals surface area contributed by atoms with Crippen LogP contribution in [0, 0.1) is 0 Å². The van der Waals surface area contributed by atoms with Crippen molar-refractivity contribution in [3.63, 3.8) is 0 Å². The second-order valence-corrected chi connectivity index (χ2v) is 5.35. The van der Waals surface area contributed by atoms with E-state index in [0.29, 0.717) is 13.0 Å². The lowest BCUT2D eigenvalue weighted by molar-refractivity contribution is -0.148. The summed E-state index contributed by atoms with van der Waals surface area (Å²) in [5.74, 6) is -0.338. The van der Waals surface area contributed by atoms with Crippen LogP contribution < -0.4 is 0 Å². The second-order valence-electron chi connectivity index (χ2n) is 5.35. The Labute approximate surface area is 131 Å². The molecule has 0 radical (unpaired) electrons. The standard InChI is InChI=1S/C17H23NO4/c1-3-14-10-11-15(16(19)21-4-2)18(14)17(20)22-12-13-8-6-5-7-9-13/h5-9,14-15H,3-4,10-12H2,1-2H3/t14-,15-/m0/s1. The van der Waals surface area contributed by atoms with Crippen LogP contribution in [0.2, 0.25) is 0 Å². The molecule has 0 aromatic heterocycles. The molecule has 0 bridgehead atoms. The van der Waals surface area contributed by atoms with Crippen LogP contribution in [0.4, 0.5) is 4.79 Å². The van der Waals surface area contributed by atoms with Gasteiger partial charge in [0.2, 0.25) is 0 Å². The molecule has 22 heavy (non-hydrogen) atoms. The zero-order valence-corrected chi connectivity index (χ0v) is 13.2. The highest BCUT2D eigenvalue weighted by atomic mass is 16.6. The number of esters is 1. The smallest absolute Gasteiger partial charge is 0.411 e.